The molecule has 15 heavy (non-hydrogen) atoms. The average molecular weight is 243 g/mol. The maximum atomic E-state index is 4.68. The van der Waals surface area contributed by atoms with Gasteiger partial charge in [0.25, 0.3) is 0 Å². The summed E-state index contributed by atoms with van der Waals surface area (Å²) in [6.07, 6.45) is 0. The standard InChI is InChI=1S/C10H17N3S2/c1-11-5-8-6-15-10(12-8)9-7-14-4-3-13(9)2/h6,9,11H,3-5,7H2,1-2H3. The van der Waals surface area contributed by atoms with Gasteiger partial charge in [-0.1, -0.05) is 0 Å². The predicted molar refractivity (Wildman–Crippen MR) is 67.6 cm³/mol. The van der Waals surface area contributed by atoms with E-state index in [2.05, 4.69) is 27.6 Å². The molecule has 0 spiro atoms. The minimum Gasteiger partial charge on any atom is -0.314 e. The maximum Gasteiger partial charge on any atom is 0.111 e. The van der Waals surface area contributed by atoms with Gasteiger partial charge in [0, 0.05) is 30.0 Å². The van der Waals surface area contributed by atoms with E-state index in [0.29, 0.717) is 6.04 Å². The van der Waals surface area contributed by atoms with Crippen LogP contribution in [0.5, 0.6) is 0 Å². The highest BCUT2D eigenvalue weighted by atomic mass is 32.2. The van der Waals surface area contributed by atoms with Gasteiger partial charge in [0.15, 0.2) is 0 Å². The van der Waals surface area contributed by atoms with Crippen molar-refractivity contribution >= 4 is 23.1 Å². The van der Waals surface area contributed by atoms with E-state index in [1.54, 1.807) is 11.3 Å². The van der Waals surface area contributed by atoms with Crippen LogP contribution in [0, 0.1) is 0 Å². The molecule has 1 N–H and O–H groups in total. The third kappa shape index (κ3) is 2.72. The maximum absolute atomic E-state index is 4.68. The van der Waals surface area contributed by atoms with Crippen LogP contribution in [-0.2, 0) is 6.54 Å². The van der Waals surface area contributed by atoms with E-state index in [0.717, 1.165) is 6.54 Å². The molecule has 2 heterocycles. The Bertz CT molecular complexity index is 313. The second-order valence-electron chi connectivity index (χ2n) is 3.78. The van der Waals surface area contributed by atoms with E-state index in [4.69, 9.17) is 0 Å². The van der Waals surface area contributed by atoms with Crippen LogP contribution >= 0.6 is 23.1 Å². The fourth-order valence-corrected chi connectivity index (χ4v) is 3.99. The van der Waals surface area contributed by atoms with Crippen LogP contribution in [0.15, 0.2) is 5.38 Å². The second-order valence-corrected chi connectivity index (χ2v) is 5.82. The molecule has 5 heteroatoms. The molecule has 0 aromatic carbocycles. The van der Waals surface area contributed by atoms with Crippen molar-refractivity contribution < 1.29 is 0 Å². The number of nitrogens with zero attached hydrogens (tertiary/aromatic N) is 2. The molecule has 2 rings (SSSR count). The third-order valence-corrected chi connectivity index (χ3v) is 4.63. The lowest BCUT2D eigenvalue weighted by Crippen LogP contribution is -2.32. The molecule has 0 aliphatic carbocycles. The first-order valence-electron chi connectivity index (χ1n) is 5.18. The summed E-state index contributed by atoms with van der Waals surface area (Å²) in [7, 11) is 4.16. The van der Waals surface area contributed by atoms with Gasteiger partial charge < -0.3 is 5.32 Å². The van der Waals surface area contributed by atoms with Crippen molar-refractivity contribution in [3.8, 4) is 0 Å². The number of hydrogen-bond donors (Lipinski definition) is 1. The van der Waals surface area contributed by atoms with Gasteiger partial charge in [0.2, 0.25) is 0 Å². The first kappa shape index (κ1) is 11.4. The van der Waals surface area contributed by atoms with Gasteiger partial charge >= 0.3 is 0 Å². The van der Waals surface area contributed by atoms with Crippen molar-refractivity contribution in [2.75, 3.05) is 32.1 Å². The summed E-state index contributed by atoms with van der Waals surface area (Å²) in [5, 5.41) is 6.58. The second kappa shape index (κ2) is 5.30. The van der Waals surface area contributed by atoms with Gasteiger partial charge in [-0.3, -0.25) is 4.90 Å². The Morgan fingerprint density at radius 2 is 2.53 bits per heavy atom. The van der Waals surface area contributed by atoms with Crippen LogP contribution < -0.4 is 5.32 Å². The van der Waals surface area contributed by atoms with E-state index in [1.165, 1.54) is 28.8 Å². The molecule has 1 unspecified atom stereocenters. The molecule has 1 atom stereocenters. The molecule has 84 valence electrons. The molecule has 0 amide bonds. The number of aromatic nitrogens is 1. The minimum atomic E-state index is 0.527. The van der Waals surface area contributed by atoms with Crippen LogP contribution in [0.25, 0.3) is 0 Å². The smallest absolute Gasteiger partial charge is 0.111 e. The fourth-order valence-electron chi connectivity index (χ4n) is 1.68. The molecule has 1 aromatic rings. The van der Waals surface area contributed by atoms with Crippen LogP contribution in [0.1, 0.15) is 16.7 Å². The van der Waals surface area contributed by atoms with Crippen molar-refractivity contribution in [1.82, 2.24) is 15.2 Å². The quantitative estimate of drug-likeness (QED) is 0.872. The lowest BCUT2D eigenvalue weighted by Gasteiger charge is -2.30. The largest absolute Gasteiger partial charge is 0.314 e. The van der Waals surface area contributed by atoms with Gasteiger partial charge in [0.1, 0.15) is 5.01 Å². The van der Waals surface area contributed by atoms with Gasteiger partial charge in [-0.2, -0.15) is 11.8 Å². The predicted octanol–water partition coefficient (Wildman–Crippen LogP) is 1.58. The minimum absolute atomic E-state index is 0.527. The molecule has 1 fully saturated rings. The van der Waals surface area contributed by atoms with Crippen LogP contribution in [-0.4, -0.2) is 42.0 Å². The molecule has 1 aromatic heterocycles. The molecule has 1 aliphatic heterocycles. The molecular weight excluding hydrogens is 226 g/mol. The Morgan fingerprint density at radius 3 is 3.27 bits per heavy atom. The number of thiazole rings is 1. The summed E-state index contributed by atoms with van der Waals surface area (Å²) in [5.41, 5.74) is 1.17. The van der Waals surface area contributed by atoms with Crippen molar-refractivity contribution in [3.63, 3.8) is 0 Å². The summed E-state index contributed by atoms with van der Waals surface area (Å²) in [4.78, 5) is 7.09. The van der Waals surface area contributed by atoms with E-state index in [-0.39, 0.29) is 0 Å². The fraction of sp³-hybridized carbons (Fsp3) is 0.700. The number of nitrogens with one attached hydrogen (secondary N) is 1. The number of rotatable bonds is 3. The monoisotopic (exact) mass is 243 g/mol. The molecule has 0 radical (unpaired) electrons. The normalized spacial score (nSPS) is 23.2. The van der Waals surface area contributed by atoms with Crippen LogP contribution in [0.4, 0.5) is 0 Å². The SMILES string of the molecule is CNCc1csc(C2CSCCN2C)n1. The first-order chi connectivity index (χ1) is 7.31. The molecule has 0 saturated carbocycles. The Balaban J connectivity index is 2.06. The van der Waals surface area contributed by atoms with Crippen molar-refractivity contribution in [2.24, 2.45) is 0 Å². The van der Waals surface area contributed by atoms with E-state index in [1.807, 2.05) is 18.8 Å². The number of thioether (sulfide) groups is 1. The van der Waals surface area contributed by atoms with Crippen LogP contribution in [0.3, 0.4) is 0 Å². The summed E-state index contributed by atoms with van der Waals surface area (Å²) in [6, 6.07) is 0.527. The Morgan fingerprint density at radius 1 is 1.67 bits per heavy atom. The van der Waals surface area contributed by atoms with E-state index in [9.17, 15) is 0 Å². The van der Waals surface area contributed by atoms with Crippen molar-refractivity contribution in [2.45, 2.75) is 12.6 Å². The van der Waals surface area contributed by atoms with Gasteiger partial charge in [-0.25, -0.2) is 4.98 Å². The number of hydrogen-bond acceptors (Lipinski definition) is 5. The zero-order valence-corrected chi connectivity index (χ0v) is 10.8. The topological polar surface area (TPSA) is 28.2 Å². The highest BCUT2D eigenvalue weighted by molar-refractivity contribution is 7.99. The van der Waals surface area contributed by atoms with Crippen LogP contribution in [0.2, 0.25) is 0 Å². The molecule has 0 bridgehead atoms. The zero-order chi connectivity index (χ0) is 10.7. The molecule has 1 aliphatic rings. The Kier molecular flexibility index (Phi) is 4.02. The molecule has 3 nitrogen and oxygen atoms in total. The summed E-state index contributed by atoms with van der Waals surface area (Å²) in [5.74, 6) is 2.44. The van der Waals surface area contributed by atoms with Gasteiger partial charge in [-0.15, -0.1) is 11.3 Å². The average Bonchev–Trinajstić information content (AvgIpc) is 2.68. The van der Waals surface area contributed by atoms with Crippen molar-refractivity contribution in [1.29, 1.82) is 0 Å². The van der Waals surface area contributed by atoms with Crippen molar-refractivity contribution in [3.05, 3.63) is 16.1 Å². The Labute approximate surface area is 99.3 Å². The van der Waals surface area contributed by atoms with E-state index >= 15 is 0 Å². The van der Waals surface area contributed by atoms with Gasteiger partial charge in [-0.05, 0) is 14.1 Å². The lowest BCUT2D eigenvalue weighted by atomic mass is 10.3. The Hall–Kier alpha value is -0.100. The highest BCUT2D eigenvalue weighted by Crippen LogP contribution is 2.30. The van der Waals surface area contributed by atoms with E-state index < -0.39 is 0 Å². The molecular formula is C10H17N3S2. The molecule has 1 saturated heterocycles. The lowest BCUT2D eigenvalue weighted by molar-refractivity contribution is 0.274. The third-order valence-electron chi connectivity index (χ3n) is 2.61. The highest BCUT2D eigenvalue weighted by Gasteiger charge is 2.23. The summed E-state index contributed by atoms with van der Waals surface area (Å²) >= 11 is 3.83. The first-order valence-corrected chi connectivity index (χ1v) is 7.21. The zero-order valence-electron chi connectivity index (χ0n) is 9.19. The summed E-state index contributed by atoms with van der Waals surface area (Å²) in [6.45, 7) is 2.05. The summed E-state index contributed by atoms with van der Waals surface area (Å²) < 4.78 is 0. The van der Waals surface area contributed by atoms with Gasteiger partial charge in [0.05, 0.1) is 11.7 Å².